The number of amides is 1. The maximum Gasteiger partial charge on any atom is 0.264 e. The lowest BCUT2D eigenvalue weighted by atomic mass is 10.0. The van der Waals surface area contributed by atoms with Crippen LogP contribution in [0.2, 0.25) is 5.02 Å². The van der Waals surface area contributed by atoms with Crippen LogP contribution < -0.4 is 10.1 Å². The van der Waals surface area contributed by atoms with E-state index in [0.717, 1.165) is 0 Å². The third-order valence-corrected chi connectivity index (χ3v) is 6.41. The molecule has 0 spiro atoms. The first-order chi connectivity index (χ1) is 12.2. The summed E-state index contributed by atoms with van der Waals surface area (Å²) < 4.78 is 30.2. The first kappa shape index (κ1) is 18.7. The molecule has 0 aromatic heterocycles. The molecule has 3 rings (SSSR count). The number of hydrogen-bond acceptors (Lipinski definition) is 4. The van der Waals surface area contributed by atoms with Gasteiger partial charge in [0.15, 0.2) is 15.4 Å². The lowest BCUT2D eigenvalue weighted by molar-refractivity contribution is -0.135. The number of benzene rings is 2. The van der Waals surface area contributed by atoms with Gasteiger partial charge in [-0.3, -0.25) is 4.79 Å². The fourth-order valence-corrected chi connectivity index (χ4v) is 4.66. The molecule has 7 heteroatoms. The van der Waals surface area contributed by atoms with Gasteiger partial charge in [0.25, 0.3) is 5.91 Å². The van der Waals surface area contributed by atoms with Crippen LogP contribution in [0.4, 0.5) is 0 Å². The van der Waals surface area contributed by atoms with Gasteiger partial charge in [-0.15, -0.1) is 0 Å². The quantitative estimate of drug-likeness (QED) is 0.862. The number of nitrogens with one attached hydrogen (secondary N) is 1. The Morgan fingerprint density at radius 3 is 2.50 bits per heavy atom. The Bertz CT molecular complexity index is 923. The normalized spacial score (nSPS) is 18.7. The largest absolute Gasteiger partial charge is 0.478 e. The molecular formula is C19H20ClNO4S. The second kappa shape index (κ2) is 6.93. The highest BCUT2D eigenvalue weighted by Crippen LogP contribution is 2.32. The molecule has 0 saturated heterocycles. The molecule has 0 aliphatic carbocycles. The smallest absolute Gasteiger partial charge is 0.264 e. The van der Waals surface area contributed by atoms with Crippen molar-refractivity contribution in [2.45, 2.75) is 36.8 Å². The van der Waals surface area contributed by atoms with Crippen LogP contribution in [0.5, 0.6) is 5.75 Å². The van der Waals surface area contributed by atoms with E-state index < -0.39 is 15.4 Å². The van der Waals surface area contributed by atoms with Gasteiger partial charge in [-0.05, 0) is 56.2 Å². The fourth-order valence-electron chi connectivity index (χ4n) is 2.92. The van der Waals surface area contributed by atoms with Crippen molar-refractivity contribution in [2.24, 2.45) is 0 Å². The first-order valence-electron chi connectivity index (χ1n) is 8.26. The van der Waals surface area contributed by atoms with Crippen LogP contribution in [0.3, 0.4) is 0 Å². The minimum Gasteiger partial charge on any atom is -0.478 e. The zero-order valence-corrected chi connectivity index (χ0v) is 16.1. The Balaban J connectivity index is 1.78. The van der Waals surface area contributed by atoms with E-state index in [0.29, 0.717) is 22.8 Å². The highest BCUT2D eigenvalue weighted by Gasteiger charge is 2.35. The molecule has 0 radical (unpaired) electrons. The first-order valence-corrected chi connectivity index (χ1v) is 10.3. The number of halogens is 1. The minimum absolute atomic E-state index is 0.00737. The van der Waals surface area contributed by atoms with Crippen LogP contribution in [-0.2, 0) is 14.6 Å². The number of carbonyl (C=O) groups is 1. The summed E-state index contributed by atoms with van der Waals surface area (Å²) in [4.78, 5) is 13.0. The summed E-state index contributed by atoms with van der Waals surface area (Å²) in [6.45, 7) is 3.34. The van der Waals surface area contributed by atoms with Gasteiger partial charge in [-0.25, -0.2) is 8.42 Å². The van der Waals surface area contributed by atoms with E-state index in [4.69, 9.17) is 16.3 Å². The number of rotatable bonds is 4. The molecule has 1 aliphatic rings. The number of ether oxygens (including phenoxy) is 1. The van der Waals surface area contributed by atoms with Gasteiger partial charge >= 0.3 is 0 Å². The van der Waals surface area contributed by atoms with Gasteiger partial charge in [0, 0.05) is 5.02 Å². The van der Waals surface area contributed by atoms with E-state index in [1.165, 1.54) is 0 Å². The minimum atomic E-state index is -3.29. The Morgan fingerprint density at radius 1 is 1.15 bits per heavy atom. The van der Waals surface area contributed by atoms with E-state index in [9.17, 15) is 13.2 Å². The molecule has 138 valence electrons. The summed E-state index contributed by atoms with van der Waals surface area (Å²) in [7, 11) is -3.29. The van der Waals surface area contributed by atoms with Crippen molar-refractivity contribution in [3.8, 4) is 5.75 Å². The molecule has 1 amide bonds. The van der Waals surface area contributed by atoms with E-state index in [-0.39, 0.29) is 22.6 Å². The van der Waals surface area contributed by atoms with Crippen LogP contribution >= 0.6 is 11.6 Å². The molecule has 2 aromatic rings. The molecule has 5 nitrogen and oxygen atoms in total. The third-order valence-electron chi connectivity index (χ3n) is 4.34. The van der Waals surface area contributed by atoms with Gasteiger partial charge in [0.05, 0.1) is 16.7 Å². The third kappa shape index (κ3) is 3.86. The Kier molecular flexibility index (Phi) is 4.99. The second-order valence-corrected chi connectivity index (χ2v) is 9.25. The molecule has 1 unspecified atom stereocenters. The summed E-state index contributed by atoms with van der Waals surface area (Å²) in [5.41, 5.74) is -0.506. The predicted octanol–water partition coefficient (Wildman–Crippen LogP) is 3.53. The fraction of sp³-hybridized carbons (Fsp3) is 0.316. The van der Waals surface area contributed by atoms with E-state index in [1.54, 1.807) is 62.4 Å². The van der Waals surface area contributed by atoms with Crippen LogP contribution in [0, 0.1) is 0 Å². The maximum atomic E-state index is 12.8. The van der Waals surface area contributed by atoms with E-state index in [2.05, 4.69) is 5.32 Å². The molecule has 0 bridgehead atoms. The van der Waals surface area contributed by atoms with E-state index >= 15 is 0 Å². The standard InChI is InChI=1S/C19H20ClNO4S/c1-19(2,25-14-9-7-13(20)8-10-14)18(22)21-16-11-12-26(23,24)17-6-4-3-5-15(16)17/h3-10,16H,11-12H2,1-2H3,(H,21,22). The molecule has 1 aliphatic heterocycles. The summed E-state index contributed by atoms with van der Waals surface area (Å²) >= 11 is 5.86. The van der Waals surface area contributed by atoms with Crippen LogP contribution in [0.15, 0.2) is 53.4 Å². The molecule has 0 saturated carbocycles. The summed E-state index contributed by atoms with van der Waals surface area (Å²) in [5, 5.41) is 3.51. The molecule has 1 N–H and O–H groups in total. The van der Waals surface area contributed by atoms with Gasteiger partial charge in [-0.1, -0.05) is 29.8 Å². The van der Waals surface area contributed by atoms with Crippen molar-refractivity contribution in [3.63, 3.8) is 0 Å². The number of sulfone groups is 1. The van der Waals surface area contributed by atoms with Crippen LogP contribution in [0.25, 0.3) is 0 Å². The average molecular weight is 394 g/mol. The van der Waals surface area contributed by atoms with Gasteiger partial charge in [0.2, 0.25) is 0 Å². The van der Waals surface area contributed by atoms with Gasteiger partial charge in [-0.2, -0.15) is 0 Å². The highest BCUT2D eigenvalue weighted by molar-refractivity contribution is 7.91. The number of carbonyl (C=O) groups excluding carboxylic acids is 1. The lowest BCUT2D eigenvalue weighted by Crippen LogP contribution is -2.48. The molecular weight excluding hydrogens is 374 g/mol. The maximum absolute atomic E-state index is 12.8. The van der Waals surface area contributed by atoms with Crippen molar-refractivity contribution in [3.05, 3.63) is 59.1 Å². The zero-order chi connectivity index (χ0) is 18.9. The Morgan fingerprint density at radius 2 is 1.81 bits per heavy atom. The van der Waals surface area contributed by atoms with Crippen molar-refractivity contribution < 1.29 is 17.9 Å². The van der Waals surface area contributed by atoms with Crippen molar-refractivity contribution in [1.82, 2.24) is 5.32 Å². The van der Waals surface area contributed by atoms with Crippen molar-refractivity contribution >= 4 is 27.3 Å². The molecule has 1 heterocycles. The SMILES string of the molecule is CC(C)(Oc1ccc(Cl)cc1)C(=O)NC1CCS(=O)(=O)c2ccccc21. The van der Waals surface area contributed by atoms with Crippen molar-refractivity contribution in [2.75, 3.05) is 5.75 Å². The Hall–Kier alpha value is -2.05. The highest BCUT2D eigenvalue weighted by atomic mass is 35.5. The number of fused-ring (bicyclic) bond motifs is 1. The van der Waals surface area contributed by atoms with Crippen LogP contribution in [-0.4, -0.2) is 25.7 Å². The predicted molar refractivity (Wildman–Crippen MR) is 100 cm³/mol. The average Bonchev–Trinajstić information content (AvgIpc) is 2.59. The van der Waals surface area contributed by atoms with Crippen LogP contribution in [0.1, 0.15) is 31.9 Å². The lowest BCUT2D eigenvalue weighted by Gasteiger charge is -2.31. The van der Waals surface area contributed by atoms with E-state index in [1.807, 2.05) is 0 Å². The zero-order valence-electron chi connectivity index (χ0n) is 14.5. The molecule has 0 fully saturated rings. The van der Waals surface area contributed by atoms with Crippen molar-refractivity contribution in [1.29, 1.82) is 0 Å². The number of hydrogen-bond donors (Lipinski definition) is 1. The summed E-state index contributed by atoms with van der Waals surface area (Å²) in [6, 6.07) is 13.2. The Labute approximate surface area is 158 Å². The summed E-state index contributed by atoms with van der Waals surface area (Å²) in [5.74, 6) is 0.223. The van der Waals surface area contributed by atoms with Gasteiger partial charge < -0.3 is 10.1 Å². The topological polar surface area (TPSA) is 72.5 Å². The monoisotopic (exact) mass is 393 g/mol. The van der Waals surface area contributed by atoms with Gasteiger partial charge in [0.1, 0.15) is 5.75 Å². The molecule has 26 heavy (non-hydrogen) atoms. The summed E-state index contributed by atoms with van der Waals surface area (Å²) in [6.07, 6.45) is 0.335. The molecule has 2 aromatic carbocycles. The second-order valence-electron chi connectivity index (χ2n) is 6.74. The molecule has 1 atom stereocenters.